The Kier molecular flexibility index (Phi) is 4.39. The van der Waals surface area contributed by atoms with E-state index in [9.17, 15) is 9.59 Å². The SMILES string of the molecule is Cc1ccccc1NC(=O)CN1C[C@@H](C)[C@H](C(=O)O)C1. The smallest absolute Gasteiger partial charge is 0.308 e. The van der Waals surface area contributed by atoms with Gasteiger partial charge in [0.15, 0.2) is 0 Å². The van der Waals surface area contributed by atoms with E-state index in [1.807, 2.05) is 43.0 Å². The Bertz CT molecular complexity index is 516. The fraction of sp³-hybridized carbons (Fsp3) is 0.467. The van der Waals surface area contributed by atoms with Crippen molar-refractivity contribution in [2.75, 3.05) is 25.0 Å². The lowest BCUT2D eigenvalue weighted by Crippen LogP contribution is -2.32. The second-order valence-corrected chi connectivity index (χ2v) is 5.48. The Labute approximate surface area is 118 Å². The van der Waals surface area contributed by atoms with Gasteiger partial charge in [-0.2, -0.15) is 0 Å². The first-order valence-electron chi connectivity index (χ1n) is 6.78. The van der Waals surface area contributed by atoms with Gasteiger partial charge in [-0.3, -0.25) is 14.5 Å². The summed E-state index contributed by atoms with van der Waals surface area (Å²) in [6.45, 7) is 5.18. The molecule has 1 saturated heterocycles. The molecule has 2 rings (SSSR count). The maximum absolute atomic E-state index is 12.0. The second-order valence-electron chi connectivity index (χ2n) is 5.48. The lowest BCUT2D eigenvalue weighted by atomic mass is 9.99. The third-order valence-electron chi connectivity index (χ3n) is 3.79. The molecule has 1 amide bonds. The minimum absolute atomic E-state index is 0.0822. The third kappa shape index (κ3) is 3.36. The minimum atomic E-state index is -0.778. The van der Waals surface area contributed by atoms with E-state index in [1.165, 1.54) is 0 Å². The summed E-state index contributed by atoms with van der Waals surface area (Å²) in [5, 5.41) is 11.9. The molecule has 0 aromatic heterocycles. The van der Waals surface area contributed by atoms with Crippen molar-refractivity contribution in [3.63, 3.8) is 0 Å². The highest BCUT2D eigenvalue weighted by Gasteiger charge is 2.35. The first-order chi connectivity index (χ1) is 9.47. The molecule has 0 bridgehead atoms. The van der Waals surface area contributed by atoms with Gasteiger partial charge in [0.25, 0.3) is 0 Å². The number of rotatable bonds is 4. The van der Waals surface area contributed by atoms with Crippen LogP contribution in [0.2, 0.25) is 0 Å². The summed E-state index contributed by atoms with van der Waals surface area (Å²) in [5.74, 6) is -1.17. The standard InChI is InChI=1S/C15H20N2O3/c1-10-5-3-4-6-13(10)16-14(18)9-17-7-11(2)12(8-17)15(19)20/h3-6,11-12H,7-9H2,1-2H3,(H,16,18)(H,19,20)/t11-,12-/m1/s1. The molecule has 2 atom stereocenters. The Morgan fingerprint density at radius 2 is 2.05 bits per heavy atom. The highest BCUT2D eigenvalue weighted by molar-refractivity contribution is 5.93. The van der Waals surface area contributed by atoms with Gasteiger partial charge in [-0.25, -0.2) is 0 Å². The summed E-state index contributed by atoms with van der Waals surface area (Å²) in [6, 6.07) is 7.60. The first-order valence-corrected chi connectivity index (χ1v) is 6.78. The summed E-state index contributed by atoms with van der Waals surface area (Å²) in [5.41, 5.74) is 1.82. The van der Waals surface area contributed by atoms with Crippen molar-refractivity contribution in [3.05, 3.63) is 29.8 Å². The van der Waals surface area contributed by atoms with Crippen LogP contribution >= 0.6 is 0 Å². The molecule has 1 fully saturated rings. The van der Waals surface area contributed by atoms with E-state index in [-0.39, 0.29) is 24.3 Å². The molecule has 1 heterocycles. The lowest BCUT2D eigenvalue weighted by molar-refractivity contribution is -0.142. The number of nitrogens with zero attached hydrogens (tertiary/aromatic N) is 1. The molecular formula is C15H20N2O3. The topological polar surface area (TPSA) is 69.6 Å². The fourth-order valence-corrected chi connectivity index (χ4v) is 2.62. The molecule has 0 saturated carbocycles. The molecule has 0 spiro atoms. The average Bonchev–Trinajstić information content (AvgIpc) is 2.73. The minimum Gasteiger partial charge on any atom is -0.481 e. The van der Waals surface area contributed by atoms with Crippen molar-refractivity contribution in [2.24, 2.45) is 11.8 Å². The largest absolute Gasteiger partial charge is 0.481 e. The van der Waals surface area contributed by atoms with Gasteiger partial charge in [0.05, 0.1) is 12.5 Å². The number of para-hydroxylation sites is 1. The molecule has 0 aliphatic carbocycles. The van der Waals surface area contributed by atoms with Gasteiger partial charge in [-0.1, -0.05) is 25.1 Å². The Morgan fingerprint density at radius 3 is 2.65 bits per heavy atom. The molecule has 1 aromatic carbocycles. The number of hydrogen-bond donors (Lipinski definition) is 2. The van der Waals surface area contributed by atoms with Crippen molar-refractivity contribution in [1.29, 1.82) is 0 Å². The molecular weight excluding hydrogens is 256 g/mol. The average molecular weight is 276 g/mol. The van der Waals surface area contributed by atoms with Gasteiger partial charge in [0.1, 0.15) is 0 Å². The zero-order chi connectivity index (χ0) is 14.7. The zero-order valence-corrected chi connectivity index (χ0v) is 11.8. The maximum atomic E-state index is 12.0. The van der Waals surface area contributed by atoms with Crippen LogP contribution in [0.15, 0.2) is 24.3 Å². The number of carboxylic acids is 1. The van der Waals surface area contributed by atoms with Crippen LogP contribution in [0, 0.1) is 18.8 Å². The number of carboxylic acid groups (broad SMARTS) is 1. The first kappa shape index (κ1) is 14.5. The third-order valence-corrected chi connectivity index (χ3v) is 3.79. The molecule has 5 nitrogen and oxygen atoms in total. The number of hydrogen-bond acceptors (Lipinski definition) is 3. The number of likely N-dealkylation sites (tertiary alicyclic amines) is 1. The summed E-state index contributed by atoms with van der Waals surface area (Å²) in [6.07, 6.45) is 0. The Morgan fingerprint density at radius 1 is 1.35 bits per heavy atom. The van der Waals surface area contributed by atoms with E-state index in [0.717, 1.165) is 11.3 Å². The molecule has 1 aromatic rings. The van der Waals surface area contributed by atoms with Gasteiger partial charge >= 0.3 is 5.97 Å². The summed E-state index contributed by atoms with van der Waals surface area (Å²) in [7, 11) is 0. The molecule has 5 heteroatoms. The summed E-state index contributed by atoms with van der Waals surface area (Å²) in [4.78, 5) is 25.0. The number of amides is 1. The molecule has 2 N–H and O–H groups in total. The highest BCUT2D eigenvalue weighted by atomic mass is 16.4. The van der Waals surface area contributed by atoms with Crippen LogP contribution in [0.25, 0.3) is 0 Å². The van der Waals surface area contributed by atoms with Gasteiger partial charge in [0, 0.05) is 18.8 Å². The zero-order valence-electron chi connectivity index (χ0n) is 11.8. The molecule has 1 aliphatic rings. The number of aliphatic carboxylic acids is 1. The van der Waals surface area contributed by atoms with Crippen LogP contribution in [0.4, 0.5) is 5.69 Å². The van der Waals surface area contributed by atoms with Crippen molar-refractivity contribution in [1.82, 2.24) is 4.90 Å². The number of carbonyl (C=O) groups excluding carboxylic acids is 1. The van der Waals surface area contributed by atoms with Gasteiger partial charge in [-0.15, -0.1) is 0 Å². The Balaban J connectivity index is 1.90. The predicted molar refractivity (Wildman–Crippen MR) is 76.5 cm³/mol. The second kappa shape index (κ2) is 6.05. The number of benzene rings is 1. The van der Waals surface area contributed by atoms with Crippen LogP contribution in [0.1, 0.15) is 12.5 Å². The Hall–Kier alpha value is -1.88. The number of nitrogens with one attached hydrogen (secondary N) is 1. The van der Waals surface area contributed by atoms with Crippen LogP contribution in [0.5, 0.6) is 0 Å². The predicted octanol–water partition coefficient (Wildman–Crippen LogP) is 1.59. The molecule has 20 heavy (non-hydrogen) atoms. The van der Waals surface area contributed by atoms with E-state index >= 15 is 0 Å². The normalized spacial score (nSPS) is 22.7. The van der Waals surface area contributed by atoms with E-state index in [0.29, 0.717) is 13.1 Å². The number of aryl methyl sites for hydroxylation is 1. The van der Waals surface area contributed by atoms with Gasteiger partial charge in [-0.05, 0) is 24.5 Å². The highest BCUT2D eigenvalue weighted by Crippen LogP contribution is 2.23. The molecule has 0 unspecified atom stereocenters. The van der Waals surface area contributed by atoms with Crippen molar-refractivity contribution >= 4 is 17.6 Å². The van der Waals surface area contributed by atoms with Crippen LogP contribution < -0.4 is 5.32 Å². The quantitative estimate of drug-likeness (QED) is 0.876. The monoisotopic (exact) mass is 276 g/mol. The number of carbonyl (C=O) groups is 2. The van der Waals surface area contributed by atoms with Crippen molar-refractivity contribution in [2.45, 2.75) is 13.8 Å². The molecule has 108 valence electrons. The van der Waals surface area contributed by atoms with E-state index in [4.69, 9.17) is 5.11 Å². The summed E-state index contributed by atoms with van der Waals surface area (Å²) >= 11 is 0. The van der Waals surface area contributed by atoms with Crippen LogP contribution in [0.3, 0.4) is 0 Å². The van der Waals surface area contributed by atoms with E-state index in [1.54, 1.807) is 0 Å². The van der Waals surface area contributed by atoms with Crippen LogP contribution in [-0.4, -0.2) is 41.5 Å². The fourth-order valence-electron chi connectivity index (χ4n) is 2.62. The maximum Gasteiger partial charge on any atom is 0.308 e. The van der Waals surface area contributed by atoms with Crippen LogP contribution in [-0.2, 0) is 9.59 Å². The summed E-state index contributed by atoms with van der Waals surface area (Å²) < 4.78 is 0. The number of anilines is 1. The van der Waals surface area contributed by atoms with Gasteiger partial charge < -0.3 is 10.4 Å². The van der Waals surface area contributed by atoms with E-state index < -0.39 is 5.97 Å². The van der Waals surface area contributed by atoms with Crippen molar-refractivity contribution in [3.8, 4) is 0 Å². The van der Waals surface area contributed by atoms with Gasteiger partial charge in [0.2, 0.25) is 5.91 Å². The van der Waals surface area contributed by atoms with Crippen molar-refractivity contribution < 1.29 is 14.7 Å². The molecule has 1 aliphatic heterocycles. The lowest BCUT2D eigenvalue weighted by Gasteiger charge is -2.15. The molecule has 0 radical (unpaired) electrons. The van der Waals surface area contributed by atoms with E-state index in [2.05, 4.69) is 5.32 Å².